The lowest BCUT2D eigenvalue weighted by Crippen LogP contribution is -2.63. The van der Waals surface area contributed by atoms with Crippen molar-refractivity contribution >= 4 is 0 Å². The van der Waals surface area contributed by atoms with E-state index in [2.05, 4.69) is 37.9 Å². The third kappa shape index (κ3) is 3.01. The first kappa shape index (κ1) is 13.3. The molecule has 0 aromatic carbocycles. The number of hydrogen-bond acceptors (Lipinski definition) is 3. The van der Waals surface area contributed by atoms with Gasteiger partial charge in [0.05, 0.1) is 6.61 Å². The van der Waals surface area contributed by atoms with E-state index in [0.717, 1.165) is 25.9 Å². The van der Waals surface area contributed by atoms with Crippen molar-refractivity contribution in [2.24, 2.45) is 5.41 Å². The highest BCUT2D eigenvalue weighted by Gasteiger charge is 2.42. The number of hydrogen-bond donors (Lipinski definition) is 1. The van der Waals surface area contributed by atoms with Crippen molar-refractivity contribution < 1.29 is 4.74 Å². The van der Waals surface area contributed by atoms with Crippen molar-refractivity contribution in [2.45, 2.75) is 58.7 Å². The van der Waals surface area contributed by atoms with Crippen molar-refractivity contribution in [1.82, 2.24) is 10.2 Å². The van der Waals surface area contributed by atoms with Crippen LogP contribution in [0.2, 0.25) is 0 Å². The highest BCUT2D eigenvalue weighted by Crippen LogP contribution is 2.33. The quantitative estimate of drug-likeness (QED) is 0.760. The molecule has 2 saturated heterocycles. The Morgan fingerprint density at radius 3 is 2.47 bits per heavy atom. The molecule has 0 aliphatic carbocycles. The predicted octanol–water partition coefficient (Wildman–Crippen LogP) is 2.22. The van der Waals surface area contributed by atoms with Gasteiger partial charge >= 0.3 is 0 Å². The van der Waals surface area contributed by atoms with Crippen LogP contribution in [-0.4, -0.2) is 42.9 Å². The molecule has 100 valence electrons. The lowest BCUT2D eigenvalue weighted by atomic mass is 9.82. The summed E-state index contributed by atoms with van der Waals surface area (Å²) in [6.07, 6.45) is 3.41. The molecule has 2 aliphatic rings. The molecular weight excluding hydrogens is 212 g/mol. The number of piperidine rings is 1. The molecule has 3 nitrogen and oxygen atoms in total. The lowest BCUT2D eigenvalue weighted by Gasteiger charge is -2.49. The van der Waals surface area contributed by atoms with Gasteiger partial charge in [0.1, 0.15) is 5.72 Å². The third-order valence-corrected chi connectivity index (χ3v) is 4.38. The highest BCUT2D eigenvalue weighted by atomic mass is 16.5. The lowest BCUT2D eigenvalue weighted by molar-refractivity contribution is -0.149. The number of likely N-dealkylation sites (tertiary alicyclic amines) is 1. The molecular formula is C14H28N2O. The molecule has 1 atom stereocenters. The summed E-state index contributed by atoms with van der Waals surface area (Å²) in [5, 5.41) is 3.80. The van der Waals surface area contributed by atoms with E-state index in [1.807, 2.05) is 0 Å². The van der Waals surface area contributed by atoms with Gasteiger partial charge in [0.2, 0.25) is 0 Å². The first-order chi connectivity index (χ1) is 7.95. The van der Waals surface area contributed by atoms with Gasteiger partial charge in [-0.1, -0.05) is 27.7 Å². The second kappa shape index (κ2) is 4.87. The van der Waals surface area contributed by atoms with E-state index in [4.69, 9.17) is 4.74 Å². The maximum atomic E-state index is 6.09. The molecule has 1 N–H and O–H groups in total. The number of ether oxygens (including phenoxy) is 1. The van der Waals surface area contributed by atoms with Gasteiger partial charge in [-0.25, -0.2) is 0 Å². The van der Waals surface area contributed by atoms with Gasteiger partial charge < -0.3 is 9.64 Å². The predicted molar refractivity (Wildman–Crippen MR) is 71.0 cm³/mol. The molecule has 2 fully saturated rings. The summed E-state index contributed by atoms with van der Waals surface area (Å²) in [7, 11) is 0. The fourth-order valence-electron chi connectivity index (χ4n) is 2.97. The van der Waals surface area contributed by atoms with E-state index in [-0.39, 0.29) is 5.72 Å². The average Bonchev–Trinajstić information content (AvgIpc) is 2.29. The van der Waals surface area contributed by atoms with Crippen LogP contribution in [0.4, 0.5) is 0 Å². The summed E-state index contributed by atoms with van der Waals surface area (Å²) in [5.74, 6) is 0. The van der Waals surface area contributed by atoms with Crippen LogP contribution in [0.25, 0.3) is 0 Å². The largest absolute Gasteiger partial charge is 0.360 e. The van der Waals surface area contributed by atoms with Crippen molar-refractivity contribution in [3.05, 3.63) is 0 Å². The second-order valence-electron chi connectivity index (χ2n) is 6.63. The summed E-state index contributed by atoms with van der Waals surface area (Å²) in [6.45, 7) is 13.6. The minimum atomic E-state index is -0.0259. The second-order valence-corrected chi connectivity index (χ2v) is 6.63. The molecule has 0 bridgehead atoms. The normalized spacial score (nSPS) is 30.7. The van der Waals surface area contributed by atoms with Crippen LogP contribution in [0, 0.1) is 5.41 Å². The van der Waals surface area contributed by atoms with Crippen LogP contribution < -0.4 is 5.32 Å². The van der Waals surface area contributed by atoms with Gasteiger partial charge in [0.15, 0.2) is 0 Å². The Labute approximate surface area is 106 Å². The molecule has 3 heteroatoms. The highest BCUT2D eigenvalue weighted by molar-refractivity contribution is 4.94. The zero-order valence-electron chi connectivity index (χ0n) is 11.9. The number of nitrogens with zero attached hydrogens (tertiary/aromatic N) is 1. The van der Waals surface area contributed by atoms with Crippen LogP contribution in [0.15, 0.2) is 0 Å². The van der Waals surface area contributed by atoms with E-state index in [1.54, 1.807) is 0 Å². The first-order valence-electron chi connectivity index (χ1n) is 7.09. The van der Waals surface area contributed by atoms with Gasteiger partial charge in [-0.05, 0) is 18.4 Å². The monoisotopic (exact) mass is 240 g/mol. The topological polar surface area (TPSA) is 24.5 Å². The van der Waals surface area contributed by atoms with Gasteiger partial charge in [-0.2, -0.15) is 0 Å². The zero-order valence-corrected chi connectivity index (χ0v) is 11.9. The molecule has 2 heterocycles. The fourth-order valence-corrected chi connectivity index (χ4v) is 2.97. The number of nitrogens with one attached hydrogen (secondary N) is 1. The standard InChI is InChI=1S/C14H28N2O/c1-5-16-9-7-14(8-10-16)15-12(6-11-17-14)13(2,3)4/h12,15H,5-11H2,1-4H3. The molecule has 0 aromatic heterocycles. The summed E-state index contributed by atoms with van der Waals surface area (Å²) in [6, 6.07) is 0.587. The Hall–Kier alpha value is -0.120. The Bertz CT molecular complexity index is 251. The van der Waals surface area contributed by atoms with Gasteiger partial charge in [0, 0.05) is 32.0 Å². The van der Waals surface area contributed by atoms with Gasteiger partial charge in [-0.3, -0.25) is 5.32 Å². The van der Waals surface area contributed by atoms with E-state index < -0.39 is 0 Å². The molecule has 1 spiro atoms. The minimum absolute atomic E-state index is 0.0259. The van der Waals surface area contributed by atoms with Crippen LogP contribution in [0.5, 0.6) is 0 Å². The van der Waals surface area contributed by atoms with E-state index >= 15 is 0 Å². The molecule has 17 heavy (non-hydrogen) atoms. The van der Waals surface area contributed by atoms with E-state index in [0.29, 0.717) is 11.5 Å². The van der Waals surface area contributed by atoms with Crippen LogP contribution in [0.3, 0.4) is 0 Å². The average molecular weight is 240 g/mol. The van der Waals surface area contributed by atoms with Crippen LogP contribution in [0.1, 0.15) is 47.0 Å². The Morgan fingerprint density at radius 2 is 1.94 bits per heavy atom. The maximum absolute atomic E-state index is 6.09. The van der Waals surface area contributed by atoms with Crippen molar-refractivity contribution in [3.63, 3.8) is 0 Å². The van der Waals surface area contributed by atoms with Crippen molar-refractivity contribution in [1.29, 1.82) is 0 Å². The van der Waals surface area contributed by atoms with Crippen molar-refractivity contribution in [2.75, 3.05) is 26.2 Å². The SMILES string of the molecule is CCN1CCC2(CC1)NC(C(C)(C)C)CCO2. The third-order valence-electron chi connectivity index (χ3n) is 4.38. The molecule has 0 radical (unpaired) electrons. The summed E-state index contributed by atoms with van der Waals surface area (Å²) < 4.78 is 6.09. The van der Waals surface area contributed by atoms with Crippen LogP contribution >= 0.6 is 0 Å². The minimum Gasteiger partial charge on any atom is -0.360 e. The van der Waals surface area contributed by atoms with Gasteiger partial charge in [-0.15, -0.1) is 0 Å². The maximum Gasteiger partial charge on any atom is 0.121 e. The Balaban J connectivity index is 1.97. The van der Waals surface area contributed by atoms with E-state index in [1.165, 1.54) is 19.6 Å². The Morgan fingerprint density at radius 1 is 1.29 bits per heavy atom. The smallest absolute Gasteiger partial charge is 0.121 e. The molecule has 1 unspecified atom stereocenters. The van der Waals surface area contributed by atoms with Gasteiger partial charge in [0.25, 0.3) is 0 Å². The van der Waals surface area contributed by atoms with Crippen molar-refractivity contribution in [3.8, 4) is 0 Å². The molecule has 2 aliphatic heterocycles. The molecule has 0 saturated carbocycles. The summed E-state index contributed by atoms with van der Waals surface area (Å²) in [4.78, 5) is 2.51. The molecule has 0 amide bonds. The molecule has 0 aromatic rings. The summed E-state index contributed by atoms with van der Waals surface area (Å²) >= 11 is 0. The molecule has 2 rings (SSSR count). The summed E-state index contributed by atoms with van der Waals surface area (Å²) in [5.41, 5.74) is 0.306. The fraction of sp³-hybridized carbons (Fsp3) is 1.00. The van der Waals surface area contributed by atoms with Crippen LogP contribution in [-0.2, 0) is 4.74 Å². The first-order valence-corrected chi connectivity index (χ1v) is 7.09. The zero-order chi connectivity index (χ0) is 12.5. The number of rotatable bonds is 1. The van der Waals surface area contributed by atoms with E-state index in [9.17, 15) is 0 Å². The Kier molecular flexibility index (Phi) is 3.81.